The maximum Gasteiger partial charge on any atom is 0.306 e. The zero-order valence-electron chi connectivity index (χ0n) is 11.4. The van der Waals surface area contributed by atoms with Crippen LogP contribution in [0.5, 0.6) is 0 Å². The van der Waals surface area contributed by atoms with Gasteiger partial charge in [-0.15, -0.1) is 0 Å². The number of rotatable bonds is 4. The Morgan fingerprint density at radius 3 is 2.50 bits per heavy atom. The summed E-state index contributed by atoms with van der Waals surface area (Å²) < 4.78 is 4.67. The first-order chi connectivity index (χ1) is 8.79. The Morgan fingerprint density at radius 1 is 1.22 bits per heavy atom. The van der Waals surface area contributed by atoms with Crippen LogP contribution in [0.15, 0.2) is 0 Å². The summed E-state index contributed by atoms with van der Waals surface area (Å²) in [4.78, 5) is 16.1. The molecule has 2 aliphatic heterocycles. The molecule has 2 rings (SSSR count). The largest absolute Gasteiger partial charge is 0.469 e. The van der Waals surface area contributed by atoms with Crippen molar-refractivity contribution in [2.75, 3.05) is 52.9 Å². The monoisotopic (exact) mass is 255 g/mol. The molecule has 0 amide bonds. The quantitative estimate of drug-likeness (QED) is 0.712. The summed E-state index contributed by atoms with van der Waals surface area (Å²) in [6.45, 7) is 7.62. The zero-order valence-corrected chi connectivity index (χ0v) is 11.4. The maximum atomic E-state index is 11.1. The number of hydrogen-bond acceptors (Lipinski definition) is 5. The van der Waals surface area contributed by atoms with E-state index in [2.05, 4.69) is 19.9 Å². The second-order valence-electron chi connectivity index (χ2n) is 5.18. The van der Waals surface area contributed by atoms with Crippen LogP contribution >= 0.6 is 0 Å². The second-order valence-corrected chi connectivity index (χ2v) is 5.18. The molecule has 104 valence electrons. The first-order valence-corrected chi connectivity index (χ1v) is 7.03. The molecule has 5 heteroatoms. The lowest BCUT2D eigenvalue weighted by atomic mass is 10.0. The third kappa shape index (κ3) is 3.93. The molecule has 2 heterocycles. The van der Waals surface area contributed by atoms with Gasteiger partial charge in [0.1, 0.15) is 0 Å². The summed E-state index contributed by atoms with van der Waals surface area (Å²) >= 11 is 0. The van der Waals surface area contributed by atoms with E-state index in [9.17, 15) is 4.79 Å². The highest BCUT2D eigenvalue weighted by Gasteiger charge is 2.24. The van der Waals surface area contributed by atoms with Gasteiger partial charge >= 0.3 is 5.97 Å². The molecule has 0 bridgehead atoms. The van der Waals surface area contributed by atoms with Gasteiger partial charge in [0.2, 0.25) is 0 Å². The van der Waals surface area contributed by atoms with Gasteiger partial charge < -0.3 is 15.0 Å². The Labute approximate surface area is 109 Å². The fraction of sp³-hybridized carbons (Fsp3) is 0.923. The third-order valence-corrected chi connectivity index (χ3v) is 4.09. The SMILES string of the molecule is COC(=O)CCN1CCN(C2CCNCC2)CC1. The highest BCUT2D eigenvalue weighted by molar-refractivity contribution is 5.69. The molecule has 0 unspecified atom stereocenters. The standard InChI is InChI=1S/C13H25N3O2/c1-18-13(17)4-7-15-8-10-16(11-9-15)12-2-5-14-6-3-12/h12,14H,2-11H2,1H3. The Kier molecular flexibility index (Phi) is 5.41. The van der Waals surface area contributed by atoms with Gasteiger partial charge in [0.25, 0.3) is 0 Å². The van der Waals surface area contributed by atoms with E-state index < -0.39 is 0 Å². The lowest BCUT2D eigenvalue weighted by molar-refractivity contribution is -0.141. The van der Waals surface area contributed by atoms with Crippen molar-refractivity contribution in [2.24, 2.45) is 0 Å². The predicted molar refractivity (Wildman–Crippen MR) is 70.5 cm³/mol. The lowest BCUT2D eigenvalue weighted by Crippen LogP contribution is -2.52. The molecular weight excluding hydrogens is 230 g/mol. The smallest absolute Gasteiger partial charge is 0.306 e. The maximum absolute atomic E-state index is 11.1. The molecule has 0 saturated carbocycles. The fourth-order valence-corrected chi connectivity index (χ4v) is 2.88. The van der Waals surface area contributed by atoms with E-state index >= 15 is 0 Å². The summed E-state index contributed by atoms with van der Waals surface area (Å²) in [5.74, 6) is -0.101. The highest BCUT2D eigenvalue weighted by atomic mass is 16.5. The third-order valence-electron chi connectivity index (χ3n) is 4.09. The van der Waals surface area contributed by atoms with Crippen LogP contribution in [-0.2, 0) is 9.53 Å². The number of ether oxygens (including phenoxy) is 1. The minimum atomic E-state index is -0.101. The van der Waals surface area contributed by atoms with E-state index in [1.165, 1.54) is 20.0 Å². The summed E-state index contributed by atoms with van der Waals surface area (Å²) in [6.07, 6.45) is 3.08. The van der Waals surface area contributed by atoms with Gasteiger partial charge in [-0.1, -0.05) is 0 Å². The number of nitrogens with one attached hydrogen (secondary N) is 1. The molecule has 2 fully saturated rings. The van der Waals surface area contributed by atoms with Crippen molar-refractivity contribution >= 4 is 5.97 Å². The van der Waals surface area contributed by atoms with Crippen molar-refractivity contribution < 1.29 is 9.53 Å². The van der Waals surface area contributed by atoms with Gasteiger partial charge in [-0.25, -0.2) is 0 Å². The van der Waals surface area contributed by atoms with E-state index in [4.69, 9.17) is 0 Å². The molecule has 2 aliphatic rings. The molecule has 0 spiro atoms. The number of piperazine rings is 1. The predicted octanol–water partition coefficient (Wildman–Crippen LogP) is -0.0809. The normalized spacial score (nSPS) is 24.1. The first-order valence-electron chi connectivity index (χ1n) is 7.03. The Balaban J connectivity index is 1.66. The number of piperidine rings is 1. The number of esters is 1. The van der Waals surface area contributed by atoms with Gasteiger partial charge in [-0.05, 0) is 25.9 Å². The molecule has 0 aromatic rings. The van der Waals surface area contributed by atoms with Crippen molar-refractivity contribution in [3.63, 3.8) is 0 Å². The molecule has 0 aliphatic carbocycles. The van der Waals surface area contributed by atoms with Gasteiger partial charge in [0, 0.05) is 38.8 Å². The molecule has 5 nitrogen and oxygen atoms in total. The lowest BCUT2D eigenvalue weighted by Gasteiger charge is -2.40. The fourth-order valence-electron chi connectivity index (χ4n) is 2.88. The average Bonchev–Trinajstić information content (AvgIpc) is 2.46. The van der Waals surface area contributed by atoms with Crippen LogP contribution in [-0.4, -0.2) is 74.7 Å². The molecule has 18 heavy (non-hydrogen) atoms. The van der Waals surface area contributed by atoms with Crippen molar-refractivity contribution in [3.05, 3.63) is 0 Å². The second kappa shape index (κ2) is 7.07. The molecule has 0 radical (unpaired) electrons. The average molecular weight is 255 g/mol. The zero-order chi connectivity index (χ0) is 12.8. The van der Waals surface area contributed by atoms with Crippen molar-refractivity contribution in [1.29, 1.82) is 0 Å². The van der Waals surface area contributed by atoms with Gasteiger partial charge in [0.05, 0.1) is 13.5 Å². The molecule has 2 saturated heterocycles. The van der Waals surface area contributed by atoms with Gasteiger partial charge in [-0.2, -0.15) is 0 Å². The number of carbonyl (C=O) groups excluding carboxylic acids is 1. The van der Waals surface area contributed by atoms with Crippen molar-refractivity contribution in [1.82, 2.24) is 15.1 Å². The minimum absolute atomic E-state index is 0.101. The Bertz CT molecular complexity index is 259. The Hall–Kier alpha value is -0.650. The van der Waals surface area contributed by atoms with E-state index in [0.29, 0.717) is 6.42 Å². The molecule has 0 aromatic carbocycles. The highest BCUT2D eigenvalue weighted by Crippen LogP contribution is 2.14. The summed E-state index contributed by atoms with van der Waals surface area (Å²) in [6, 6.07) is 0.772. The van der Waals surface area contributed by atoms with E-state index in [0.717, 1.165) is 51.9 Å². The van der Waals surface area contributed by atoms with Crippen LogP contribution in [0.4, 0.5) is 0 Å². The molecule has 0 atom stereocenters. The van der Waals surface area contributed by atoms with Crippen LogP contribution in [0.3, 0.4) is 0 Å². The van der Waals surface area contributed by atoms with Gasteiger partial charge in [-0.3, -0.25) is 9.69 Å². The van der Waals surface area contributed by atoms with E-state index in [1.807, 2.05) is 0 Å². The summed E-state index contributed by atoms with van der Waals surface area (Å²) in [5.41, 5.74) is 0. The van der Waals surface area contributed by atoms with Crippen molar-refractivity contribution in [3.8, 4) is 0 Å². The molecule has 0 aromatic heterocycles. The first kappa shape index (κ1) is 13.8. The minimum Gasteiger partial charge on any atom is -0.469 e. The molecular formula is C13H25N3O2. The van der Waals surface area contributed by atoms with E-state index in [-0.39, 0.29) is 5.97 Å². The summed E-state index contributed by atoms with van der Waals surface area (Å²) in [7, 11) is 1.46. The van der Waals surface area contributed by atoms with Crippen LogP contribution in [0.1, 0.15) is 19.3 Å². The van der Waals surface area contributed by atoms with Crippen molar-refractivity contribution in [2.45, 2.75) is 25.3 Å². The van der Waals surface area contributed by atoms with Crippen LogP contribution in [0.25, 0.3) is 0 Å². The molecule has 1 N–H and O–H groups in total. The van der Waals surface area contributed by atoms with Crippen LogP contribution in [0, 0.1) is 0 Å². The van der Waals surface area contributed by atoms with E-state index in [1.54, 1.807) is 0 Å². The van der Waals surface area contributed by atoms with Crippen LogP contribution < -0.4 is 5.32 Å². The number of carbonyl (C=O) groups is 1. The topological polar surface area (TPSA) is 44.8 Å². The summed E-state index contributed by atoms with van der Waals surface area (Å²) in [5, 5.41) is 3.41. The van der Waals surface area contributed by atoms with Gasteiger partial charge in [0.15, 0.2) is 0 Å². The number of methoxy groups -OCH3 is 1. The Morgan fingerprint density at radius 2 is 1.89 bits per heavy atom. The van der Waals surface area contributed by atoms with Crippen LogP contribution in [0.2, 0.25) is 0 Å². The number of hydrogen-bond donors (Lipinski definition) is 1. The number of nitrogens with zero attached hydrogens (tertiary/aromatic N) is 2.